The summed E-state index contributed by atoms with van der Waals surface area (Å²) >= 11 is 1.49. The van der Waals surface area contributed by atoms with Crippen LogP contribution in [-0.2, 0) is 24.1 Å². The van der Waals surface area contributed by atoms with Gasteiger partial charge >= 0.3 is 0 Å². The Kier molecular flexibility index (Phi) is 5.94. The molecule has 30 heavy (non-hydrogen) atoms. The van der Waals surface area contributed by atoms with Crippen LogP contribution in [0.5, 0.6) is 0 Å². The van der Waals surface area contributed by atoms with Crippen molar-refractivity contribution >= 4 is 23.2 Å². The minimum atomic E-state index is -0.398. The summed E-state index contributed by atoms with van der Waals surface area (Å²) in [7, 11) is 0. The standard InChI is InChI=1S/C22H22FN3O3S/c1-13-6-7-18-14(10-13)11-19(30-18)22(28)26-25-20(27)8-9-21-24-12-17(29-21)15-4-2-3-5-16(15)23/h2-5,11-13H,6-10H2,1H3,(H,25,27)(H,26,28). The van der Waals surface area contributed by atoms with Crippen molar-refractivity contribution in [3.05, 3.63) is 63.6 Å². The maximum absolute atomic E-state index is 13.8. The van der Waals surface area contributed by atoms with Gasteiger partial charge in [0.1, 0.15) is 5.82 Å². The number of oxazole rings is 1. The number of thiophene rings is 1. The number of aromatic nitrogens is 1. The number of benzene rings is 1. The maximum atomic E-state index is 13.8. The van der Waals surface area contributed by atoms with Crippen LogP contribution in [0, 0.1) is 11.7 Å². The van der Waals surface area contributed by atoms with Gasteiger partial charge < -0.3 is 4.42 Å². The van der Waals surface area contributed by atoms with Gasteiger partial charge in [-0.25, -0.2) is 9.37 Å². The first kappa shape index (κ1) is 20.3. The fourth-order valence-electron chi connectivity index (χ4n) is 3.50. The fourth-order valence-corrected chi connectivity index (χ4v) is 4.60. The zero-order valence-electron chi connectivity index (χ0n) is 16.5. The van der Waals surface area contributed by atoms with Crippen molar-refractivity contribution in [3.63, 3.8) is 0 Å². The Morgan fingerprint density at radius 3 is 2.97 bits per heavy atom. The number of halogens is 1. The molecule has 0 spiro atoms. The van der Waals surface area contributed by atoms with Crippen molar-refractivity contribution in [1.29, 1.82) is 0 Å². The van der Waals surface area contributed by atoms with E-state index in [2.05, 4.69) is 22.8 Å². The highest BCUT2D eigenvalue weighted by Gasteiger charge is 2.21. The molecule has 156 valence electrons. The van der Waals surface area contributed by atoms with Crippen LogP contribution in [0.25, 0.3) is 11.3 Å². The third-order valence-electron chi connectivity index (χ3n) is 5.13. The summed E-state index contributed by atoms with van der Waals surface area (Å²) in [5, 5.41) is 0. The van der Waals surface area contributed by atoms with Gasteiger partial charge in [-0.2, -0.15) is 0 Å². The molecule has 2 N–H and O–H groups in total. The van der Waals surface area contributed by atoms with Crippen molar-refractivity contribution in [2.24, 2.45) is 5.92 Å². The summed E-state index contributed by atoms with van der Waals surface area (Å²) < 4.78 is 19.4. The van der Waals surface area contributed by atoms with Crippen LogP contribution in [0.4, 0.5) is 4.39 Å². The molecule has 1 unspecified atom stereocenters. The van der Waals surface area contributed by atoms with Gasteiger partial charge in [-0.3, -0.25) is 20.4 Å². The Hall–Kier alpha value is -3.00. The molecule has 1 aromatic carbocycles. The van der Waals surface area contributed by atoms with Gasteiger partial charge in [-0.15, -0.1) is 11.3 Å². The number of carbonyl (C=O) groups excluding carboxylic acids is 2. The minimum Gasteiger partial charge on any atom is -0.441 e. The van der Waals surface area contributed by atoms with E-state index in [0.29, 0.717) is 28.0 Å². The van der Waals surface area contributed by atoms with E-state index in [4.69, 9.17) is 4.42 Å². The molecular weight excluding hydrogens is 405 g/mol. The third kappa shape index (κ3) is 4.59. The zero-order chi connectivity index (χ0) is 21.1. The molecule has 2 amide bonds. The van der Waals surface area contributed by atoms with E-state index in [-0.39, 0.29) is 24.7 Å². The molecule has 2 aromatic heterocycles. The first-order valence-electron chi connectivity index (χ1n) is 9.90. The smallest absolute Gasteiger partial charge is 0.279 e. The highest BCUT2D eigenvalue weighted by atomic mass is 32.1. The van der Waals surface area contributed by atoms with Gasteiger partial charge in [-0.1, -0.05) is 19.1 Å². The highest BCUT2D eigenvalue weighted by molar-refractivity contribution is 7.14. The Bertz CT molecular complexity index is 1080. The topological polar surface area (TPSA) is 84.2 Å². The second-order valence-electron chi connectivity index (χ2n) is 7.51. The average Bonchev–Trinajstić information content (AvgIpc) is 3.37. The quantitative estimate of drug-likeness (QED) is 0.602. The molecule has 2 heterocycles. The van der Waals surface area contributed by atoms with Crippen LogP contribution in [0.1, 0.15) is 45.8 Å². The van der Waals surface area contributed by atoms with Crippen LogP contribution >= 0.6 is 11.3 Å². The van der Waals surface area contributed by atoms with Gasteiger partial charge in [0.25, 0.3) is 5.91 Å². The van der Waals surface area contributed by atoms with Crippen molar-refractivity contribution in [2.75, 3.05) is 0 Å². The van der Waals surface area contributed by atoms with Crippen LogP contribution in [-0.4, -0.2) is 16.8 Å². The molecule has 0 radical (unpaired) electrons. The molecular formula is C22H22FN3O3S. The summed E-state index contributed by atoms with van der Waals surface area (Å²) in [6.07, 6.45) is 4.90. The normalized spacial score (nSPS) is 15.5. The summed E-state index contributed by atoms with van der Waals surface area (Å²) in [5.41, 5.74) is 6.45. The SMILES string of the molecule is CC1CCc2sc(C(=O)NNC(=O)CCc3ncc(-c4ccccc4F)o3)cc2C1. The molecule has 6 nitrogen and oxygen atoms in total. The molecule has 1 aliphatic carbocycles. The van der Waals surface area contributed by atoms with E-state index in [9.17, 15) is 14.0 Å². The number of hydrazine groups is 1. The van der Waals surface area contributed by atoms with Crippen LogP contribution < -0.4 is 10.9 Å². The molecule has 1 aliphatic rings. The second-order valence-corrected chi connectivity index (χ2v) is 8.64. The largest absolute Gasteiger partial charge is 0.441 e. The van der Waals surface area contributed by atoms with Gasteiger partial charge in [0.15, 0.2) is 11.7 Å². The summed E-state index contributed by atoms with van der Waals surface area (Å²) in [6, 6.07) is 8.18. The Morgan fingerprint density at radius 1 is 1.30 bits per heavy atom. The predicted octanol–water partition coefficient (Wildman–Crippen LogP) is 4.06. The van der Waals surface area contributed by atoms with E-state index in [1.807, 2.05) is 6.07 Å². The van der Waals surface area contributed by atoms with Crippen molar-refractivity contribution < 1.29 is 18.4 Å². The molecule has 3 aromatic rings. The lowest BCUT2D eigenvalue weighted by Gasteiger charge is -2.16. The zero-order valence-corrected chi connectivity index (χ0v) is 17.4. The lowest BCUT2D eigenvalue weighted by molar-refractivity contribution is -0.121. The van der Waals surface area contributed by atoms with E-state index < -0.39 is 5.82 Å². The maximum Gasteiger partial charge on any atom is 0.279 e. The Balaban J connectivity index is 1.27. The van der Waals surface area contributed by atoms with E-state index >= 15 is 0 Å². The van der Waals surface area contributed by atoms with Gasteiger partial charge in [0.2, 0.25) is 5.91 Å². The average molecular weight is 428 g/mol. The summed E-state index contributed by atoms with van der Waals surface area (Å²) in [6.45, 7) is 2.22. The Labute approximate surface area is 177 Å². The first-order valence-corrected chi connectivity index (χ1v) is 10.7. The highest BCUT2D eigenvalue weighted by Crippen LogP contribution is 2.32. The first-order chi connectivity index (χ1) is 14.5. The molecule has 0 saturated heterocycles. The van der Waals surface area contributed by atoms with Crippen molar-refractivity contribution in [3.8, 4) is 11.3 Å². The van der Waals surface area contributed by atoms with Gasteiger partial charge in [0.05, 0.1) is 16.6 Å². The second kappa shape index (κ2) is 8.79. The number of hydrogen-bond donors (Lipinski definition) is 2. The number of aryl methyl sites for hydroxylation is 2. The fraction of sp³-hybridized carbons (Fsp3) is 0.318. The number of amides is 2. The summed E-state index contributed by atoms with van der Waals surface area (Å²) in [5.74, 6) is 0.210. The molecule has 0 aliphatic heterocycles. The summed E-state index contributed by atoms with van der Waals surface area (Å²) in [4.78, 5) is 30.4. The predicted molar refractivity (Wildman–Crippen MR) is 111 cm³/mol. The monoisotopic (exact) mass is 427 g/mol. The minimum absolute atomic E-state index is 0.0793. The number of nitrogens with zero attached hydrogens (tertiary/aromatic N) is 1. The van der Waals surface area contributed by atoms with E-state index in [0.717, 1.165) is 19.3 Å². The third-order valence-corrected chi connectivity index (χ3v) is 6.36. The van der Waals surface area contributed by atoms with Gasteiger partial charge in [0, 0.05) is 17.7 Å². The number of rotatable bonds is 5. The van der Waals surface area contributed by atoms with Crippen LogP contribution in [0.15, 0.2) is 40.9 Å². The van der Waals surface area contributed by atoms with E-state index in [1.54, 1.807) is 18.2 Å². The van der Waals surface area contributed by atoms with Crippen molar-refractivity contribution in [2.45, 2.75) is 39.0 Å². The van der Waals surface area contributed by atoms with Crippen LogP contribution in [0.2, 0.25) is 0 Å². The number of carbonyl (C=O) groups is 2. The molecule has 8 heteroatoms. The molecule has 0 fully saturated rings. The number of hydrogen-bond acceptors (Lipinski definition) is 5. The van der Waals surface area contributed by atoms with Crippen LogP contribution in [0.3, 0.4) is 0 Å². The van der Waals surface area contributed by atoms with Gasteiger partial charge in [-0.05, 0) is 48.9 Å². The van der Waals surface area contributed by atoms with E-state index in [1.165, 1.54) is 34.0 Å². The molecule has 4 rings (SSSR count). The number of fused-ring (bicyclic) bond motifs is 1. The molecule has 1 atom stereocenters. The lowest BCUT2D eigenvalue weighted by Crippen LogP contribution is -2.41. The molecule has 0 saturated carbocycles. The van der Waals surface area contributed by atoms with Crippen molar-refractivity contribution in [1.82, 2.24) is 15.8 Å². The Morgan fingerprint density at radius 2 is 2.13 bits per heavy atom. The number of nitrogens with one attached hydrogen (secondary N) is 2. The lowest BCUT2D eigenvalue weighted by atomic mass is 9.90. The molecule has 0 bridgehead atoms.